The van der Waals surface area contributed by atoms with Crippen LogP contribution in [0.3, 0.4) is 0 Å². The highest BCUT2D eigenvalue weighted by Crippen LogP contribution is 2.34. The van der Waals surface area contributed by atoms with E-state index in [1.807, 2.05) is 30.3 Å². The Morgan fingerprint density at radius 2 is 1.62 bits per heavy atom. The molecule has 0 bridgehead atoms. The van der Waals surface area contributed by atoms with E-state index in [1.165, 1.54) is 19.3 Å². The molecule has 0 heterocycles. The number of benzene rings is 2. The van der Waals surface area contributed by atoms with Gasteiger partial charge in [-0.25, -0.2) is 8.42 Å². The van der Waals surface area contributed by atoms with Crippen molar-refractivity contribution in [3.8, 4) is 5.75 Å². The minimum absolute atomic E-state index is 0.120. The molecule has 2 aliphatic rings. The van der Waals surface area contributed by atoms with Gasteiger partial charge in [-0.3, -0.25) is 0 Å². The molecule has 2 aromatic carbocycles. The predicted octanol–water partition coefficient (Wildman–Crippen LogP) is 4.22. The normalized spacial score (nSPS) is 17.9. The predicted molar refractivity (Wildman–Crippen MR) is 101 cm³/mol. The van der Waals surface area contributed by atoms with Crippen LogP contribution < -0.4 is 4.74 Å². The van der Waals surface area contributed by atoms with E-state index in [0.717, 1.165) is 30.8 Å². The van der Waals surface area contributed by atoms with E-state index < -0.39 is 10.0 Å². The summed E-state index contributed by atoms with van der Waals surface area (Å²) in [7, 11) is -3.46. The Kier molecular flexibility index (Phi) is 5.00. The van der Waals surface area contributed by atoms with Gasteiger partial charge >= 0.3 is 0 Å². The summed E-state index contributed by atoms with van der Waals surface area (Å²) >= 11 is 0. The summed E-state index contributed by atoms with van der Waals surface area (Å²) in [4.78, 5) is 0.368. The second-order valence-electron chi connectivity index (χ2n) is 7.35. The molecule has 5 heteroatoms. The van der Waals surface area contributed by atoms with Crippen LogP contribution >= 0.6 is 0 Å². The molecule has 0 saturated heterocycles. The third-order valence-electron chi connectivity index (χ3n) is 5.28. The molecule has 2 fully saturated rings. The second kappa shape index (κ2) is 7.41. The van der Waals surface area contributed by atoms with Crippen LogP contribution in [0.15, 0.2) is 59.5 Å². The first-order chi connectivity index (χ1) is 12.6. The maximum absolute atomic E-state index is 13.0. The minimum Gasteiger partial charge on any atom is -0.493 e. The minimum atomic E-state index is -3.46. The average molecular weight is 372 g/mol. The van der Waals surface area contributed by atoms with Gasteiger partial charge in [0.05, 0.1) is 11.5 Å². The first kappa shape index (κ1) is 17.6. The molecule has 2 aromatic rings. The Balaban J connectivity index is 1.45. The fraction of sp³-hybridized carbons (Fsp3) is 0.429. The Morgan fingerprint density at radius 3 is 2.19 bits per heavy atom. The molecule has 0 aliphatic heterocycles. The quantitative estimate of drug-likeness (QED) is 0.698. The lowest BCUT2D eigenvalue weighted by molar-refractivity contribution is 0.180. The molecule has 4 nitrogen and oxygen atoms in total. The molecule has 0 amide bonds. The molecular formula is C21H25NO3S. The Labute approximate surface area is 155 Å². The molecule has 26 heavy (non-hydrogen) atoms. The van der Waals surface area contributed by atoms with Gasteiger partial charge in [-0.05, 0) is 61.4 Å². The van der Waals surface area contributed by atoms with Crippen LogP contribution in [-0.4, -0.2) is 25.4 Å². The van der Waals surface area contributed by atoms with E-state index in [9.17, 15) is 8.42 Å². The van der Waals surface area contributed by atoms with Crippen LogP contribution in [0.1, 0.15) is 37.7 Å². The number of ether oxygens (including phenoxy) is 1. The monoisotopic (exact) mass is 371 g/mol. The SMILES string of the molecule is O=S(=O)(c1ccccc1)N(Cc1ccc(OCC2CCC2)cc1)C1CC1. The maximum atomic E-state index is 13.0. The smallest absolute Gasteiger partial charge is 0.243 e. The van der Waals surface area contributed by atoms with Gasteiger partial charge < -0.3 is 4.74 Å². The van der Waals surface area contributed by atoms with Crippen LogP contribution in [0.2, 0.25) is 0 Å². The Bertz CT molecular complexity index is 825. The molecule has 2 aliphatic carbocycles. The van der Waals surface area contributed by atoms with Crippen molar-refractivity contribution in [1.29, 1.82) is 0 Å². The van der Waals surface area contributed by atoms with Crippen molar-refractivity contribution in [2.45, 2.75) is 49.6 Å². The standard InChI is InChI=1S/C21H25NO3S/c23-26(24,21-7-2-1-3-8-21)22(19-11-12-19)15-17-9-13-20(14-10-17)25-16-18-5-4-6-18/h1-3,7-10,13-14,18-19H,4-6,11-12,15-16H2. The number of rotatable bonds is 8. The van der Waals surface area contributed by atoms with Crippen molar-refractivity contribution < 1.29 is 13.2 Å². The highest BCUT2D eigenvalue weighted by molar-refractivity contribution is 7.89. The molecule has 0 N–H and O–H groups in total. The van der Waals surface area contributed by atoms with E-state index in [-0.39, 0.29) is 6.04 Å². The van der Waals surface area contributed by atoms with Gasteiger partial charge in [0, 0.05) is 12.6 Å². The third-order valence-corrected chi connectivity index (χ3v) is 7.19. The van der Waals surface area contributed by atoms with Crippen molar-refractivity contribution in [3.05, 3.63) is 60.2 Å². The summed E-state index contributed by atoms with van der Waals surface area (Å²) in [6.07, 6.45) is 5.74. The second-order valence-corrected chi connectivity index (χ2v) is 9.24. The summed E-state index contributed by atoms with van der Waals surface area (Å²) in [5, 5.41) is 0. The number of nitrogens with zero attached hydrogens (tertiary/aromatic N) is 1. The zero-order chi connectivity index (χ0) is 18.0. The maximum Gasteiger partial charge on any atom is 0.243 e. The molecule has 2 saturated carbocycles. The zero-order valence-electron chi connectivity index (χ0n) is 14.9. The van der Waals surface area contributed by atoms with Gasteiger partial charge in [0.2, 0.25) is 10.0 Å². The van der Waals surface area contributed by atoms with Crippen molar-refractivity contribution >= 4 is 10.0 Å². The number of sulfonamides is 1. The van der Waals surface area contributed by atoms with Gasteiger partial charge in [0.15, 0.2) is 0 Å². The van der Waals surface area contributed by atoms with Gasteiger partial charge in [-0.1, -0.05) is 36.8 Å². The summed E-state index contributed by atoms with van der Waals surface area (Å²) in [6, 6.07) is 16.7. The van der Waals surface area contributed by atoms with Gasteiger partial charge in [0.1, 0.15) is 5.75 Å². The molecule has 0 radical (unpaired) electrons. The van der Waals surface area contributed by atoms with Gasteiger partial charge in [-0.15, -0.1) is 0 Å². The molecule has 0 unspecified atom stereocenters. The van der Waals surface area contributed by atoms with Crippen LogP contribution in [0.25, 0.3) is 0 Å². The van der Waals surface area contributed by atoms with Gasteiger partial charge in [-0.2, -0.15) is 4.31 Å². The lowest BCUT2D eigenvalue weighted by Gasteiger charge is -2.25. The topological polar surface area (TPSA) is 46.6 Å². The van der Waals surface area contributed by atoms with Crippen LogP contribution in [0.4, 0.5) is 0 Å². The van der Waals surface area contributed by atoms with Crippen molar-refractivity contribution in [3.63, 3.8) is 0 Å². The third kappa shape index (κ3) is 3.94. The van der Waals surface area contributed by atoms with Crippen LogP contribution in [-0.2, 0) is 16.6 Å². The Hall–Kier alpha value is -1.85. The van der Waals surface area contributed by atoms with Crippen molar-refractivity contribution in [2.24, 2.45) is 5.92 Å². The number of hydrogen-bond donors (Lipinski definition) is 0. The largest absolute Gasteiger partial charge is 0.493 e. The lowest BCUT2D eigenvalue weighted by atomic mass is 9.86. The van der Waals surface area contributed by atoms with Gasteiger partial charge in [0.25, 0.3) is 0 Å². The van der Waals surface area contributed by atoms with Crippen LogP contribution in [0, 0.1) is 5.92 Å². The van der Waals surface area contributed by atoms with E-state index in [0.29, 0.717) is 17.4 Å². The highest BCUT2D eigenvalue weighted by atomic mass is 32.2. The fourth-order valence-electron chi connectivity index (χ4n) is 3.25. The lowest BCUT2D eigenvalue weighted by Crippen LogP contribution is -2.32. The summed E-state index contributed by atoms with van der Waals surface area (Å²) in [5.41, 5.74) is 0.993. The molecule has 138 valence electrons. The molecule has 0 atom stereocenters. The molecule has 0 aromatic heterocycles. The van der Waals surface area contributed by atoms with Crippen molar-refractivity contribution in [1.82, 2.24) is 4.31 Å². The molecule has 4 rings (SSSR count). The zero-order valence-corrected chi connectivity index (χ0v) is 15.7. The highest BCUT2D eigenvalue weighted by Gasteiger charge is 2.37. The van der Waals surface area contributed by atoms with E-state index in [2.05, 4.69) is 0 Å². The van der Waals surface area contributed by atoms with E-state index in [4.69, 9.17) is 4.74 Å². The molecule has 0 spiro atoms. The first-order valence-corrected chi connectivity index (χ1v) is 10.9. The average Bonchev–Trinajstić information content (AvgIpc) is 3.45. The summed E-state index contributed by atoms with van der Waals surface area (Å²) in [5.74, 6) is 1.57. The van der Waals surface area contributed by atoms with Crippen LogP contribution in [0.5, 0.6) is 5.75 Å². The Morgan fingerprint density at radius 1 is 0.923 bits per heavy atom. The molecular weight excluding hydrogens is 346 g/mol. The first-order valence-electron chi connectivity index (χ1n) is 9.41. The van der Waals surface area contributed by atoms with E-state index >= 15 is 0 Å². The summed E-state index contributed by atoms with van der Waals surface area (Å²) < 4.78 is 33.5. The van der Waals surface area contributed by atoms with Crippen molar-refractivity contribution in [2.75, 3.05) is 6.61 Å². The fourth-order valence-corrected chi connectivity index (χ4v) is 4.94. The van der Waals surface area contributed by atoms with E-state index in [1.54, 1.807) is 28.6 Å². The summed E-state index contributed by atoms with van der Waals surface area (Å²) in [6.45, 7) is 1.20. The number of hydrogen-bond acceptors (Lipinski definition) is 3.